The predicted molar refractivity (Wildman–Crippen MR) is 182 cm³/mol. The third-order valence-electron chi connectivity index (χ3n) is 8.35. The molecule has 0 amide bonds. The Kier molecular flexibility index (Phi) is 5.74. The zero-order chi connectivity index (χ0) is 29.7. The molecule has 0 bridgehead atoms. The molecular weight excluding hydrogens is 554 g/mol. The molecule has 5 heteroatoms. The fourth-order valence-corrected chi connectivity index (χ4v) is 6.17. The van der Waals surface area contributed by atoms with E-state index in [4.69, 9.17) is 18.8 Å². The molecular formula is C40H25N3O2. The molecule has 0 saturated heterocycles. The van der Waals surface area contributed by atoms with Gasteiger partial charge in [0, 0.05) is 28.6 Å². The second-order valence-corrected chi connectivity index (χ2v) is 11.1. The standard InChI is InChI=1S/C40H25N3O2/c1-2-9-26(10-3-1)27-17-19-28(20-18-27)29-11-8-12-30(21-29)43(31-22-37-39(41-24-31)33-13-4-6-15-35(33)44-37)32-23-38-40(42-25-32)34-14-5-7-16-36(34)45-38/h1-25H. The zero-order valence-corrected chi connectivity index (χ0v) is 24.1. The van der Waals surface area contributed by atoms with Crippen LogP contribution in [0.4, 0.5) is 17.1 Å². The lowest BCUT2D eigenvalue weighted by Crippen LogP contribution is -2.10. The number of benzene rings is 5. The van der Waals surface area contributed by atoms with Crippen molar-refractivity contribution >= 4 is 61.2 Å². The maximum absolute atomic E-state index is 6.24. The molecule has 4 heterocycles. The van der Waals surface area contributed by atoms with Crippen molar-refractivity contribution < 1.29 is 8.83 Å². The predicted octanol–water partition coefficient (Wildman–Crippen LogP) is 11.1. The van der Waals surface area contributed by atoms with E-state index in [9.17, 15) is 0 Å². The third kappa shape index (κ3) is 4.33. The molecule has 0 unspecified atom stereocenters. The van der Waals surface area contributed by atoms with Gasteiger partial charge in [0.25, 0.3) is 0 Å². The Morgan fingerprint density at radius 3 is 1.47 bits per heavy atom. The fourth-order valence-electron chi connectivity index (χ4n) is 6.17. The molecule has 0 atom stereocenters. The highest BCUT2D eigenvalue weighted by atomic mass is 16.3. The molecule has 0 spiro atoms. The minimum Gasteiger partial charge on any atom is -0.454 e. The SMILES string of the molecule is c1ccc(-c2ccc(-c3cccc(N(c4cnc5c(c4)oc4ccccc45)c4cnc5c(c4)oc4ccccc45)c3)cc2)cc1. The van der Waals surface area contributed by atoms with Crippen molar-refractivity contribution in [2.24, 2.45) is 0 Å². The van der Waals surface area contributed by atoms with Gasteiger partial charge in [0.15, 0.2) is 11.2 Å². The van der Waals surface area contributed by atoms with Crippen molar-refractivity contribution in [1.29, 1.82) is 0 Å². The van der Waals surface area contributed by atoms with E-state index < -0.39 is 0 Å². The van der Waals surface area contributed by atoms with Crippen molar-refractivity contribution in [1.82, 2.24) is 9.97 Å². The highest BCUT2D eigenvalue weighted by molar-refractivity contribution is 6.05. The molecule has 0 aliphatic heterocycles. The summed E-state index contributed by atoms with van der Waals surface area (Å²) in [6, 6.07) is 47.7. The maximum Gasteiger partial charge on any atom is 0.155 e. The van der Waals surface area contributed by atoms with Crippen LogP contribution in [-0.4, -0.2) is 9.97 Å². The van der Waals surface area contributed by atoms with E-state index in [0.29, 0.717) is 0 Å². The van der Waals surface area contributed by atoms with Crippen molar-refractivity contribution in [2.45, 2.75) is 0 Å². The van der Waals surface area contributed by atoms with E-state index in [-0.39, 0.29) is 0 Å². The lowest BCUT2D eigenvalue weighted by molar-refractivity contribution is 0.668. The van der Waals surface area contributed by atoms with Gasteiger partial charge in [0.2, 0.25) is 0 Å². The van der Waals surface area contributed by atoms with Crippen LogP contribution in [0.2, 0.25) is 0 Å². The molecule has 0 N–H and O–H groups in total. The van der Waals surface area contributed by atoms with Gasteiger partial charge in [0.05, 0.1) is 23.8 Å². The summed E-state index contributed by atoms with van der Waals surface area (Å²) in [5, 5.41) is 1.99. The molecule has 45 heavy (non-hydrogen) atoms. The van der Waals surface area contributed by atoms with E-state index in [1.165, 1.54) is 11.1 Å². The van der Waals surface area contributed by atoms with E-state index in [2.05, 4.69) is 77.7 Å². The summed E-state index contributed by atoms with van der Waals surface area (Å²) in [5.74, 6) is 0. The van der Waals surface area contributed by atoms with Crippen LogP contribution in [0.1, 0.15) is 0 Å². The summed E-state index contributed by atoms with van der Waals surface area (Å²) >= 11 is 0. The van der Waals surface area contributed by atoms with E-state index >= 15 is 0 Å². The monoisotopic (exact) mass is 579 g/mol. The van der Waals surface area contributed by atoms with Crippen molar-refractivity contribution in [3.05, 3.63) is 152 Å². The number of hydrogen-bond acceptors (Lipinski definition) is 5. The minimum atomic E-state index is 0.726. The van der Waals surface area contributed by atoms with Gasteiger partial charge in [-0.3, -0.25) is 0 Å². The van der Waals surface area contributed by atoms with Gasteiger partial charge < -0.3 is 13.7 Å². The van der Waals surface area contributed by atoms with E-state index in [1.807, 2.05) is 79.1 Å². The van der Waals surface area contributed by atoms with Gasteiger partial charge in [-0.25, -0.2) is 9.97 Å². The number of anilines is 3. The quantitative estimate of drug-likeness (QED) is 0.203. The van der Waals surface area contributed by atoms with Crippen LogP contribution in [0.15, 0.2) is 161 Å². The van der Waals surface area contributed by atoms with Gasteiger partial charge in [-0.15, -0.1) is 0 Å². The van der Waals surface area contributed by atoms with Gasteiger partial charge in [-0.1, -0.05) is 91.0 Å². The molecule has 212 valence electrons. The number of fused-ring (bicyclic) bond motifs is 6. The van der Waals surface area contributed by atoms with Crippen molar-refractivity contribution in [3.8, 4) is 22.3 Å². The Morgan fingerprint density at radius 2 is 0.867 bits per heavy atom. The molecule has 0 saturated carbocycles. The summed E-state index contributed by atoms with van der Waals surface area (Å²) in [6.45, 7) is 0. The summed E-state index contributed by atoms with van der Waals surface area (Å²) in [5.41, 5.74) is 12.1. The number of hydrogen-bond donors (Lipinski definition) is 0. The van der Waals surface area contributed by atoms with Crippen LogP contribution in [0.25, 0.3) is 66.4 Å². The van der Waals surface area contributed by atoms with Crippen LogP contribution in [0, 0.1) is 0 Å². The van der Waals surface area contributed by atoms with Crippen LogP contribution in [0.3, 0.4) is 0 Å². The van der Waals surface area contributed by atoms with Gasteiger partial charge in [0.1, 0.15) is 22.2 Å². The van der Waals surface area contributed by atoms with Gasteiger partial charge in [-0.2, -0.15) is 0 Å². The Balaban J connectivity index is 1.19. The molecule has 9 aromatic rings. The summed E-state index contributed by atoms with van der Waals surface area (Å²) in [7, 11) is 0. The molecule has 5 aromatic carbocycles. The number of aromatic nitrogens is 2. The van der Waals surface area contributed by atoms with Gasteiger partial charge in [-0.05, 0) is 58.7 Å². The first-order valence-corrected chi connectivity index (χ1v) is 14.9. The topological polar surface area (TPSA) is 55.3 Å². The number of rotatable bonds is 5. The number of para-hydroxylation sites is 2. The van der Waals surface area contributed by atoms with Crippen LogP contribution in [0.5, 0.6) is 0 Å². The molecule has 9 rings (SSSR count). The number of furan rings is 2. The normalized spacial score (nSPS) is 11.6. The average molecular weight is 580 g/mol. The first-order valence-electron chi connectivity index (χ1n) is 14.9. The van der Waals surface area contributed by atoms with Crippen molar-refractivity contribution in [3.63, 3.8) is 0 Å². The Labute approximate surface area is 258 Å². The lowest BCUT2D eigenvalue weighted by Gasteiger charge is -2.25. The summed E-state index contributed by atoms with van der Waals surface area (Å²) in [4.78, 5) is 11.9. The lowest BCUT2D eigenvalue weighted by atomic mass is 10.00. The Bertz CT molecular complexity index is 2380. The Hall–Kier alpha value is -6.20. The zero-order valence-electron chi connectivity index (χ0n) is 24.1. The average Bonchev–Trinajstić information content (AvgIpc) is 3.67. The Morgan fingerprint density at radius 1 is 0.378 bits per heavy atom. The second kappa shape index (κ2) is 10.2. The number of pyridine rings is 2. The van der Waals surface area contributed by atoms with Crippen LogP contribution in [-0.2, 0) is 0 Å². The molecule has 5 nitrogen and oxygen atoms in total. The maximum atomic E-state index is 6.24. The van der Waals surface area contributed by atoms with Gasteiger partial charge >= 0.3 is 0 Å². The van der Waals surface area contributed by atoms with Crippen molar-refractivity contribution in [2.75, 3.05) is 4.90 Å². The highest BCUT2D eigenvalue weighted by Crippen LogP contribution is 2.40. The van der Waals surface area contributed by atoms with Crippen LogP contribution >= 0.6 is 0 Å². The largest absolute Gasteiger partial charge is 0.454 e. The summed E-state index contributed by atoms with van der Waals surface area (Å²) < 4.78 is 12.5. The first kappa shape index (κ1) is 25.3. The van der Waals surface area contributed by atoms with Crippen LogP contribution < -0.4 is 4.90 Å². The first-order chi connectivity index (χ1) is 22.3. The summed E-state index contributed by atoms with van der Waals surface area (Å²) in [6.07, 6.45) is 3.79. The fraction of sp³-hybridized carbons (Fsp3) is 0. The minimum absolute atomic E-state index is 0.726. The molecule has 4 aromatic heterocycles. The second-order valence-electron chi connectivity index (χ2n) is 11.1. The third-order valence-corrected chi connectivity index (χ3v) is 8.35. The van der Waals surface area contributed by atoms with E-state index in [1.54, 1.807) is 0 Å². The smallest absolute Gasteiger partial charge is 0.155 e. The molecule has 0 aliphatic carbocycles. The number of nitrogens with zero attached hydrogens (tertiary/aromatic N) is 3. The molecule has 0 aliphatic rings. The highest BCUT2D eigenvalue weighted by Gasteiger charge is 2.19. The van der Waals surface area contributed by atoms with E-state index in [0.717, 1.165) is 72.3 Å². The molecule has 0 fully saturated rings. The molecule has 0 radical (unpaired) electrons.